The number of carbonyl (C=O) groups excluding carboxylic acids is 6. The second-order valence-electron chi connectivity index (χ2n) is 10.7. The largest absolute Gasteiger partial charge is 0.441 e. The summed E-state index contributed by atoms with van der Waals surface area (Å²) in [5.74, 6) is -3.67. The van der Waals surface area contributed by atoms with Crippen molar-refractivity contribution in [3.63, 3.8) is 0 Å². The number of hydrogen-bond acceptors (Lipinski definition) is 10. The Balaban J connectivity index is 1.24. The SMILES string of the molecule is CC(C(C)N1CC(=O)N(COC(=O)/C=C/c2cccc(Cl)c2)C(=O)C1)N1CC(=O)N(COC(=O)/C=C/c2cccc(Cl)c2)C(=O)C1. The van der Waals surface area contributed by atoms with Crippen LogP contribution in [0, 0.1) is 0 Å². The summed E-state index contributed by atoms with van der Waals surface area (Å²) in [5.41, 5.74) is 1.36. The highest BCUT2D eigenvalue weighted by Gasteiger charge is 2.39. The van der Waals surface area contributed by atoms with Crippen molar-refractivity contribution in [1.29, 1.82) is 0 Å². The number of halogens is 2. The molecule has 4 rings (SSSR count). The Morgan fingerprint density at radius 2 is 1.02 bits per heavy atom. The summed E-state index contributed by atoms with van der Waals surface area (Å²) in [6.07, 6.45) is 5.35. The molecule has 12 nitrogen and oxygen atoms in total. The molecular weight excluding hydrogens is 639 g/mol. The van der Waals surface area contributed by atoms with Crippen molar-refractivity contribution in [3.05, 3.63) is 81.9 Å². The van der Waals surface area contributed by atoms with Crippen molar-refractivity contribution in [2.24, 2.45) is 0 Å². The molecule has 0 bridgehead atoms. The van der Waals surface area contributed by atoms with Gasteiger partial charge in [0, 0.05) is 34.3 Å². The van der Waals surface area contributed by atoms with Gasteiger partial charge in [0.05, 0.1) is 26.2 Å². The van der Waals surface area contributed by atoms with Crippen LogP contribution in [0.1, 0.15) is 25.0 Å². The molecular formula is C32H32Cl2N4O8. The average molecular weight is 672 g/mol. The highest BCUT2D eigenvalue weighted by molar-refractivity contribution is 6.31. The van der Waals surface area contributed by atoms with Gasteiger partial charge in [0.1, 0.15) is 0 Å². The summed E-state index contributed by atoms with van der Waals surface area (Å²) in [4.78, 5) is 80.6. The summed E-state index contributed by atoms with van der Waals surface area (Å²) in [5, 5.41) is 1.01. The number of ether oxygens (including phenoxy) is 2. The molecule has 2 fully saturated rings. The maximum Gasteiger partial charge on any atom is 0.332 e. The Bertz CT molecular complexity index is 1430. The molecule has 0 spiro atoms. The quantitative estimate of drug-likeness (QED) is 0.200. The Labute approximate surface area is 275 Å². The van der Waals surface area contributed by atoms with Crippen molar-refractivity contribution in [3.8, 4) is 0 Å². The third kappa shape index (κ3) is 9.33. The highest BCUT2D eigenvalue weighted by atomic mass is 35.5. The fourth-order valence-corrected chi connectivity index (χ4v) is 5.20. The second kappa shape index (κ2) is 15.8. The van der Waals surface area contributed by atoms with Crippen LogP contribution in [-0.2, 0) is 38.2 Å². The first-order valence-electron chi connectivity index (χ1n) is 14.3. The van der Waals surface area contributed by atoms with Crippen molar-refractivity contribution in [2.75, 3.05) is 39.6 Å². The molecule has 14 heteroatoms. The summed E-state index contributed by atoms with van der Waals surface area (Å²) in [7, 11) is 0. The van der Waals surface area contributed by atoms with Crippen molar-refractivity contribution >= 4 is 70.9 Å². The summed E-state index contributed by atoms with van der Waals surface area (Å²) >= 11 is 11.9. The third-order valence-corrected chi connectivity index (χ3v) is 8.07. The van der Waals surface area contributed by atoms with E-state index < -0.39 is 61.1 Å². The number of piperazine rings is 2. The normalized spacial score (nSPS) is 18.0. The summed E-state index contributed by atoms with van der Waals surface area (Å²) < 4.78 is 10.2. The number of nitrogens with zero attached hydrogens (tertiary/aromatic N) is 4. The van der Waals surface area contributed by atoms with Gasteiger partial charge in [0.25, 0.3) is 0 Å². The molecule has 0 aromatic heterocycles. The highest BCUT2D eigenvalue weighted by Crippen LogP contribution is 2.19. The van der Waals surface area contributed by atoms with Gasteiger partial charge in [-0.25, -0.2) is 19.4 Å². The summed E-state index contributed by atoms with van der Waals surface area (Å²) in [6, 6.07) is 12.9. The minimum Gasteiger partial charge on any atom is -0.441 e. The van der Waals surface area contributed by atoms with E-state index in [0.29, 0.717) is 21.2 Å². The number of hydrogen-bond donors (Lipinski definition) is 0. The molecule has 2 atom stereocenters. The Kier molecular flexibility index (Phi) is 11.8. The van der Waals surface area contributed by atoms with Crippen LogP contribution in [-0.4, -0.2) is 107 Å². The van der Waals surface area contributed by atoms with Gasteiger partial charge in [-0.1, -0.05) is 47.5 Å². The van der Waals surface area contributed by atoms with Gasteiger partial charge in [0.15, 0.2) is 13.5 Å². The maximum absolute atomic E-state index is 12.8. The number of amides is 4. The number of carbonyl (C=O) groups is 6. The third-order valence-electron chi connectivity index (χ3n) is 7.60. The molecule has 0 N–H and O–H groups in total. The van der Waals surface area contributed by atoms with Crippen molar-refractivity contribution in [1.82, 2.24) is 19.6 Å². The van der Waals surface area contributed by atoms with E-state index in [0.717, 1.165) is 9.80 Å². The van der Waals surface area contributed by atoms with E-state index in [4.69, 9.17) is 32.7 Å². The number of benzene rings is 2. The lowest BCUT2D eigenvalue weighted by atomic mass is 10.1. The lowest BCUT2D eigenvalue weighted by molar-refractivity contribution is -0.167. The van der Waals surface area contributed by atoms with Crippen LogP contribution in [0.25, 0.3) is 12.2 Å². The number of rotatable bonds is 11. The monoisotopic (exact) mass is 670 g/mol. The van der Waals surface area contributed by atoms with Gasteiger partial charge in [-0.2, -0.15) is 0 Å². The number of imide groups is 2. The number of esters is 2. The van der Waals surface area contributed by atoms with E-state index in [9.17, 15) is 28.8 Å². The lowest BCUT2D eigenvalue weighted by Crippen LogP contribution is -2.63. The molecule has 2 aromatic rings. The van der Waals surface area contributed by atoms with Gasteiger partial charge in [-0.15, -0.1) is 0 Å². The van der Waals surface area contributed by atoms with E-state index in [1.54, 1.807) is 72.2 Å². The predicted molar refractivity (Wildman–Crippen MR) is 169 cm³/mol. The first kappa shape index (κ1) is 34.5. The molecule has 2 heterocycles. The van der Waals surface area contributed by atoms with Gasteiger partial charge >= 0.3 is 11.9 Å². The van der Waals surface area contributed by atoms with Crippen LogP contribution in [0.4, 0.5) is 0 Å². The Morgan fingerprint density at radius 3 is 1.35 bits per heavy atom. The van der Waals surface area contributed by atoms with E-state index in [2.05, 4.69) is 0 Å². The minimum atomic E-state index is -0.734. The zero-order valence-corrected chi connectivity index (χ0v) is 26.6. The Hall–Kier alpha value is -4.36. The van der Waals surface area contributed by atoms with E-state index >= 15 is 0 Å². The zero-order valence-electron chi connectivity index (χ0n) is 25.1. The molecule has 2 aliphatic heterocycles. The maximum atomic E-state index is 12.8. The molecule has 2 aromatic carbocycles. The van der Waals surface area contributed by atoms with E-state index in [-0.39, 0.29) is 26.2 Å². The van der Waals surface area contributed by atoms with Gasteiger partial charge in [-0.3, -0.25) is 29.0 Å². The van der Waals surface area contributed by atoms with Crippen LogP contribution < -0.4 is 0 Å². The first-order chi connectivity index (χ1) is 21.9. The van der Waals surface area contributed by atoms with Gasteiger partial charge in [0.2, 0.25) is 23.6 Å². The second-order valence-corrected chi connectivity index (χ2v) is 11.6. The van der Waals surface area contributed by atoms with Gasteiger partial charge < -0.3 is 9.47 Å². The minimum absolute atomic E-state index is 0.131. The smallest absolute Gasteiger partial charge is 0.332 e. The molecule has 46 heavy (non-hydrogen) atoms. The first-order valence-corrected chi connectivity index (χ1v) is 15.0. The molecule has 4 amide bonds. The topological polar surface area (TPSA) is 134 Å². The summed E-state index contributed by atoms with van der Waals surface area (Å²) in [6.45, 7) is 2.00. The molecule has 2 aliphatic rings. The molecule has 2 unspecified atom stereocenters. The Morgan fingerprint density at radius 1 is 0.674 bits per heavy atom. The standard InChI is InChI=1S/C32H32Cl2N4O8/c1-21(35-15-27(39)37(28(40)16-35)19-45-31(43)11-9-23-5-3-7-25(33)13-23)22(2)36-17-29(41)38(30(42)18-36)20-46-32(44)12-10-24-6-4-8-26(34)14-24/h3-14,21-22H,15-20H2,1-2H3/b11-9+,12-10+. The van der Waals surface area contributed by atoms with E-state index in [1.165, 1.54) is 24.3 Å². The lowest BCUT2D eigenvalue weighted by Gasteiger charge is -2.43. The van der Waals surface area contributed by atoms with Crippen LogP contribution >= 0.6 is 23.2 Å². The van der Waals surface area contributed by atoms with E-state index in [1.807, 2.05) is 0 Å². The van der Waals surface area contributed by atoms with Crippen LogP contribution in [0.5, 0.6) is 0 Å². The van der Waals surface area contributed by atoms with Crippen molar-refractivity contribution < 1.29 is 38.2 Å². The van der Waals surface area contributed by atoms with Crippen molar-refractivity contribution in [2.45, 2.75) is 25.9 Å². The average Bonchev–Trinajstić information content (AvgIpc) is 3.01. The van der Waals surface area contributed by atoms with Crippen LogP contribution in [0.2, 0.25) is 10.0 Å². The molecule has 2 saturated heterocycles. The van der Waals surface area contributed by atoms with Crippen LogP contribution in [0.15, 0.2) is 60.7 Å². The predicted octanol–water partition coefficient (Wildman–Crippen LogP) is 2.84. The molecule has 242 valence electrons. The fourth-order valence-electron chi connectivity index (χ4n) is 4.80. The molecule has 0 aliphatic carbocycles. The van der Waals surface area contributed by atoms with Crippen LogP contribution in [0.3, 0.4) is 0 Å². The van der Waals surface area contributed by atoms with Gasteiger partial charge in [-0.05, 0) is 61.4 Å². The molecule has 0 saturated carbocycles. The zero-order chi connectivity index (χ0) is 33.4. The fraction of sp³-hybridized carbons (Fsp3) is 0.312. The molecule has 0 radical (unpaired) electrons.